The molecule has 2 aromatic heterocycles. The van der Waals surface area contributed by atoms with E-state index in [-0.39, 0.29) is 36.6 Å². The third kappa shape index (κ3) is 11.8. The zero-order chi connectivity index (χ0) is 50.6. The maximum atomic E-state index is 15.1. The lowest BCUT2D eigenvalue weighted by Crippen LogP contribution is -2.60. The van der Waals surface area contributed by atoms with Crippen LogP contribution in [0.1, 0.15) is 99.8 Å². The van der Waals surface area contributed by atoms with Gasteiger partial charge in [-0.25, -0.2) is 23.7 Å². The topological polar surface area (TPSA) is 229 Å². The first-order valence-corrected chi connectivity index (χ1v) is 27.6. The highest BCUT2D eigenvalue weighted by molar-refractivity contribution is 7.85. The van der Waals surface area contributed by atoms with E-state index in [2.05, 4.69) is 25.6 Å². The monoisotopic (exact) mass is 1040 g/mol. The first-order valence-electron chi connectivity index (χ1n) is 24.9. The second-order valence-electron chi connectivity index (χ2n) is 21.8. The molecular weight excluding hydrogens is 976 g/mol. The summed E-state index contributed by atoms with van der Waals surface area (Å²) < 4.78 is 57.8. The highest BCUT2D eigenvalue weighted by atomic mass is 35.5. The molecule has 0 radical (unpaired) electrons. The van der Waals surface area contributed by atoms with Gasteiger partial charge < -0.3 is 39.8 Å². The average molecular weight is 1040 g/mol. The summed E-state index contributed by atoms with van der Waals surface area (Å²) in [5, 5.41) is 12.5. The van der Waals surface area contributed by atoms with Gasteiger partial charge in [-0.15, -0.1) is 11.3 Å². The van der Waals surface area contributed by atoms with Gasteiger partial charge in [0.1, 0.15) is 58.7 Å². The van der Waals surface area contributed by atoms with Crippen molar-refractivity contribution < 1.29 is 50.7 Å². The standard InChI is InChI=1S/C49H67ClN8O11S2/c1-8-30-24-49(30,44(61)56-71(63,64)69-48(7)11-12-48)55-42(59)36-22-32(25-58(36)43(60)41(47(4,5)6)54-46(62)68-31-20-28-19-29(28)21-31)67-38-23-34(35-26-70-45(53-35)51-27(2)3)52-40-33(38)9-10-37(39(40)50)66-18-15-57-13-16-65-17-14-57/h9-10,23,26-32,36,41H,8,11-22,24-25H2,1-7H3,(H,51,53)(H,54,62)(H,55,59)(H,56,61)/t28-,29+,30-,31?,32-,36?,41-,49-/m1/s1. The van der Waals surface area contributed by atoms with E-state index in [1.807, 2.05) is 53.0 Å². The Balaban J connectivity index is 1.02. The zero-order valence-electron chi connectivity index (χ0n) is 41.5. The van der Waals surface area contributed by atoms with Crippen molar-refractivity contribution in [1.29, 1.82) is 0 Å². The lowest BCUT2D eigenvalue weighted by Gasteiger charge is -2.35. The molecule has 0 spiro atoms. The minimum atomic E-state index is -4.51. The number of nitrogens with one attached hydrogen (secondary N) is 4. The first kappa shape index (κ1) is 51.4. The van der Waals surface area contributed by atoms with Crippen LogP contribution in [0, 0.1) is 23.2 Å². The molecule has 9 rings (SSSR count). The minimum absolute atomic E-state index is 0.0350. The molecule has 4 aliphatic carbocycles. The number of thiazole rings is 1. The molecule has 4 N–H and O–H groups in total. The molecule has 22 heteroatoms. The van der Waals surface area contributed by atoms with Gasteiger partial charge in [-0.1, -0.05) is 45.7 Å². The summed E-state index contributed by atoms with van der Waals surface area (Å²) in [5.41, 5.74) is -1.90. The van der Waals surface area contributed by atoms with Gasteiger partial charge in [-0.3, -0.25) is 19.3 Å². The van der Waals surface area contributed by atoms with Crippen molar-refractivity contribution >= 4 is 73.1 Å². The highest BCUT2D eigenvalue weighted by Gasteiger charge is 2.62. The molecule has 4 heterocycles. The SMILES string of the molecule is CC[C@@H]1C[C@]1(NC(=O)C1C[C@@H](Oc2cc(-c3csc(NC(C)C)n3)nc3c(Cl)c(OCCN4CCOCC4)ccc23)CN1C(=O)[C@@H](NC(=O)OC1C[C@@H]2C[C@@H]2C1)C(C)(C)C)C(=O)NS(=O)(=O)OC1(C)CC1. The van der Waals surface area contributed by atoms with Gasteiger partial charge in [0, 0.05) is 48.9 Å². The first-order chi connectivity index (χ1) is 33.6. The van der Waals surface area contributed by atoms with Crippen molar-refractivity contribution in [2.75, 3.05) is 51.3 Å². The number of hydrogen-bond donors (Lipinski definition) is 4. The maximum absolute atomic E-state index is 15.1. The number of alkyl carbamates (subject to hydrolysis) is 1. The maximum Gasteiger partial charge on any atom is 0.408 e. The van der Waals surface area contributed by atoms with Crippen LogP contribution in [0.25, 0.3) is 22.3 Å². The molecule has 4 amide bonds. The van der Waals surface area contributed by atoms with Crippen molar-refractivity contribution in [3.8, 4) is 22.9 Å². The second-order valence-corrected chi connectivity index (χ2v) is 24.3. The number of ether oxygens (including phenoxy) is 4. The Morgan fingerprint density at radius 1 is 1.00 bits per heavy atom. The number of nitrogens with zero attached hydrogens (tertiary/aromatic N) is 4. The molecule has 19 nitrogen and oxygen atoms in total. The fourth-order valence-electron chi connectivity index (χ4n) is 10.2. The molecule has 4 saturated carbocycles. The van der Waals surface area contributed by atoms with Crippen molar-refractivity contribution in [3.63, 3.8) is 0 Å². The van der Waals surface area contributed by atoms with E-state index in [0.717, 1.165) is 32.4 Å². The van der Waals surface area contributed by atoms with Crippen molar-refractivity contribution in [3.05, 3.63) is 28.6 Å². The van der Waals surface area contributed by atoms with E-state index in [1.165, 1.54) is 16.2 Å². The smallest absolute Gasteiger partial charge is 0.408 e. The fourth-order valence-corrected chi connectivity index (χ4v) is 12.4. The van der Waals surface area contributed by atoms with Gasteiger partial charge in [0.15, 0.2) is 5.13 Å². The van der Waals surface area contributed by atoms with E-state index in [4.69, 9.17) is 44.7 Å². The number of aromatic nitrogens is 2. The number of likely N-dealkylation sites (tertiary alicyclic amines) is 1. The predicted octanol–water partition coefficient (Wildman–Crippen LogP) is 6.05. The Labute approximate surface area is 424 Å². The number of halogens is 1. The van der Waals surface area contributed by atoms with Gasteiger partial charge in [-0.2, -0.15) is 8.42 Å². The molecule has 2 unspecified atom stereocenters. The quantitative estimate of drug-likeness (QED) is 0.107. The molecule has 3 aromatic rings. The lowest BCUT2D eigenvalue weighted by molar-refractivity contribution is -0.143. The van der Waals surface area contributed by atoms with E-state index in [1.54, 1.807) is 19.1 Å². The van der Waals surface area contributed by atoms with Crippen molar-refractivity contribution in [2.24, 2.45) is 23.2 Å². The van der Waals surface area contributed by atoms with E-state index < -0.39 is 74.8 Å². The largest absolute Gasteiger partial charge is 0.491 e. The molecule has 71 heavy (non-hydrogen) atoms. The van der Waals surface area contributed by atoms with E-state index >= 15 is 4.79 Å². The summed E-state index contributed by atoms with van der Waals surface area (Å²) in [6.45, 7) is 16.9. The number of benzene rings is 1. The van der Waals surface area contributed by atoms with Crippen LogP contribution in [0.2, 0.25) is 5.02 Å². The minimum Gasteiger partial charge on any atom is -0.491 e. The number of pyridine rings is 1. The predicted molar refractivity (Wildman–Crippen MR) is 266 cm³/mol. The number of fused-ring (bicyclic) bond motifs is 2. The number of carbonyl (C=O) groups is 4. The average Bonchev–Trinajstić information content (AvgIpc) is 4.21. The van der Waals surface area contributed by atoms with Crippen LogP contribution in [-0.2, 0) is 38.3 Å². The number of carbonyl (C=O) groups excluding carboxylic acids is 4. The normalized spacial score (nSPS) is 27.1. The van der Waals surface area contributed by atoms with Crippen molar-refractivity contribution in [1.82, 2.24) is 35.1 Å². The number of hydrogen-bond acceptors (Lipinski definition) is 16. The summed E-state index contributed by atoms with van der Waals surface area (Å²) in [4.78, 5) is 70.8. The Morgan fingerprint density at radius 3 is 2.39 bits per heavy atom. The molecular formula is C49H67ClN8O11S2. The van der Waals surface area contributed by atoms with Gasteiger partial charge in [0.25, 0.3) is 5.91 Å². The van der Waals surface area contributed by atoms with Gasteiger partial charge in [-0.05, 0) is 94.6 Å². The number of rotatable bonds is 19. The van der Waals surface area contributed by atoms with Crippen LogP contribution in [0.5, 0.6) is 11.5 Å². The number of amides is 4. The molecule has 0 bridgehead atoms. The molecule has 6 fully saturated rings. The van der Waals surface area contributed by atoms with Gasteiger partial charge in [0.05, 0.1) is 36.6 Å². The number of morpholine rings is 1. The third-order valence-electron chi connectivity index (χ3n) is 14.6. The Morgan fingerprint density at radius 2 is 1.73 bits per heavy atom. The van der Waals surface area contributed by atoms with Gasteiger partial charge >= 0.3 is 16.4 Å². The molecule has 2 aliphatic heterocycles. The van der Waals surface area contributed by atoms with Gasteiger partial charge in [0.2, 0.25) is 11.8 Å². The molecule has 8 atom stereocenters. The molecule has 1 aromatic carbocycles. The Kier molecular flexibility index (Phi) is 14.5. The lowest BCUT2D eigenvalue weighted by atomic mass is 9.85. The Hall–Kier alpha value is -4.54. The third-order valence-corrected chi connectivity index (χ3v) is 16.8. The highest BCUT2D eigenvalue weighted by Crippen LogP contribution is 2.53. The van der Waals surface area contributed by atoms with Crippen LogP contribution in [0.15, 0.2) is 23.6 Å². The van der Waals surface area contributed by atoms with Crippen LogP contribution in [0.4, 0.5) is 9.93 Å². The van der Waals surface area contributed by atoms with Crippen LogP contribution >= 0.6 is 22.9 Å². The summed E-state index contributed by atoms with van der Waals surface area (Å²) in [7, 11) is -4.51. The zero-order valence-corrected chi connectivity index (χ0v) is 43.9. The van der Waals surface area contributed by atoms with Crippen LogP contribution in [0.3, 0.4) is 0 Å². The summed E-state index contributed by atoms with van der Waals surface area (Å²) >= 11 is 8.58. The Bertz CT molecular complexity index is 2630. The summed E-state index contributed by atoms with van der Waals surface area (Å²) in [6, 6.07) is 3.11. The molecule has 388 valence electrons. The second kappa shape index (κ2) is 20.1. The summed E-state index contributed by atoms with van der Waals surface area (Å²) in [6.07, 6.45) is 2.60. The van der Waals surface area contributed by atoms with Crippen LogP contribution in [-0.4, -0.2) is 139 Å². The van der Waals surface area contributed by atoms with Crippen molar-refractivity contribution in [2.45, 2.75) is 141 Å². The van der Waals surface area contributed by atoms with E-state index in [0.29, 0.717) is 96.4 Å². The molecule has 6 aliphatic rings. The molecule has 2 saturated heterocycles. The fraction of sp³-hybridized carbons (Fsp3) is 0.673. The van der Waals surface area contributed by atoms with Crippen LogP contribution < -0.4 is 30.1 Å². The van der Waals surface area contributed by atoms with E-state index in [9.17, 15) is 22.8 Å². The summed E-state index contributed by atoms with van der Waals surface area (Å²) in [5.74, 6) is -0.615. The number of anilines is 1.